The summed E-state index contributed by atoms with van der Waals surface area (Å²) in [6, 6.07) is 9.18. The van der Waals surface area contributed by atoms with Crippen LogP contribution in [0, 0.1) is 0 Å². The largest absolute Gasteiger partial charge is 0.394 e. The minimum absolute atomic E-state index is 0.191. The first-order valence-electron chi connectivity index (χ1n) is 7.87. The Hall–Kier alpha value is -2.74. The van der Waals surface area contributed by atoms with Gasteiger partial charge in [0.1, 0.15) is 0 Å². The lowest BCUT2D eigenvalue weighted by molar-refractivity contribution is 0.0906. The molecule has 8 heteroatoms. The van der Waals surface area contributed by atoms with Crippen molar-refractivity contribution in [1.29, 1.82) is 0 Å². The first-order valence-corrected chi connectivity index (χ1v) is 7.87. The van der Waals surface area contributed by atoms with E-state index >= 15 is 0 Å². The number of aromatic nitrogens is 3. The van der Waals surface area contributed by atoms with E-state index in [-0.39, 0.29) is 12.3 Å². The molecule has 126 valence electrons. The maximum Gasteiger partial charge on any atom is 0.286 e. The predicted octanol–water partition coefficient (Wildman–Crippen LogP) is 0.291. The van der Waals surface area contributed by atoms with E-state index in [2.05, 4.69) is 15.5 Å². The van der Waals surface area contributed by atoms with Crippen molar-refractivity contribution in [1.82, 2.24) is 20.1 Å². The Morgan fingerprint density at radius 2 is 2.04 bits per heavy atom. The van der Waals surface area contributed by atoms with Crippen molar-refractivity contribution in [2.24, 2.45) is 0 Å². The van der Waals surface area contributed by atoms with Gasteiger partial charge in [0.15, 0.2) is 0 Å². The van der Waals surface area contributed by atoms with Crippen LogP contribution in [0.3, 0.4) is 0 Å². The lowest BCUT2D eigenvalue weighted by Crippen LogP contribution is -2.41. The van der Waals surface area contributed by atoms with Crippen LogP contribution in [0.25, 0.3) is 0 Å². The Morgan fingerprint density at radius 3 is 2.71 bits per heavy atom. The van der Waals surface area contributed by atoms with Crippen LogP contribution in [0.4, 0.5) is 11.6 Å². The van der Waals surface area contributed by atoms with Gasteiger partial charge >= 0.3 is 0 Å². The van der Waals surface area contributed by atoms with Crippen molar-refractivity contribution >= 4 is 17.5 Å². The summed E-state index contributed by atoms with van der Waals surface area (Å²) < 4.78 is 1.45. The first kappa shape index (κ1) is 16.1. The van der Waals surface area contributed by atoms with Crippen LogP contribution < -0.4 is 15.8 Å². The molecule has 2 aromatic rings. The number of benzene rings is 1. The molecule has 0 saturated heterocycles. The molecule has 1 amide bonds. The van der Waals surface area contributed by atoms with Gasteiger partial charge in [0, 0.05) is 18.8 Å². The van der Waals surface area contributed by atoms with Crippen molar-refractivity contribution < 1.29 is 9.90 Å². The number of hydrogen-bond donors (Lipinski definition) is 2. The van der Waals surface area contributed by atoms with E-state index in [1.807, 2.05) is 42.2 Å². The number of nitrogens with one attached hydrogen (secondary N) is 1. The summed E-state index contributed by atoms with van der Waals surface area (Å²) >= 11 is 0. The van der Waals surface area contributed by atoms with E-state index in [4.69, 9.17) is 5.11 Å². The highest BCUT2D eigenvalue weighted by atomic mass is 16.3. The number of anilines is 2. The quantitative estimate of drug-likeness (QED) is 0.818. The normalized spacial score (nSPS) is 14.3. The maximum atomic E-state index is 12.5. The predicted molar refractivity (Wildman–Crippen MR) is 88.4 cm³/mol. The number of amides is 1. The van der Waals surface area contributed by atoms with Crippen LogP contribution in [0.1, 0.15) is 23.8 Å². The molecule has 0 fully saturated rings. The number of aliphatic hydroxyl groups excluding tert-OH is 1. The van der Waals surface area contributed by atoms with Gasteiger partial charge in [0.2, 0.25) is 11.6 Å². The Labute approximate surface area is 138 Å². The van der Waals surface area contributed by atoms with Crippen LogP contribution in [0.5, 0.6) is 0 Å². The molecular weight excluding hydrogens is 310 g/mol. The number of rotatable bonds is 5. The topological polar surface area (TPSA) is 100 Å². The lowest BCUT2D eigenvalue weighted by atomic mass is 10.2. The molecule has 0 bridgehead atoms. The van der Waals surface area contributed by atoms with Gasteiger partial charge in [0.25, 0.3) is 11.5 Å². The number of carbonyl (C=O) groups is 1. The van der Waals surface area contributed by atoms with Crippen LogP contribution in [-0.2, 0) is 6.54 Å². The first-order chi connectivity index (χ1) is 11.7. The SMILES string of the molecule is CC[C@H](CO)NC(=O)c1nnc2n(c1=O)CCN2c1ccccc1. The van der Waals surface area contributed by atoms with Gasteiger partial charge in [-0.1, -0.05) is 25.1 Å². The van der Waals surface area contributed by atoms with E-state index < -0.39 is 17.5 Å². The second kappa shape index (κ2) is 6.79. The molecule has 1 aromatic heterocycles. The highest BCUT2D eigenvalue weighted by Crippen LogP contribution is 2.25. The van der Waals surface area contributed by atoms with E-state index in [0.717, 1.165) is 5.69 Å². The third-order valence-electron chi connectivity index (χ3n) is 4.05. The molecule has 2 N–H and O–H groups in total. The molecule has 0 unspecified atom stereocenters. The molecule has 0 radical (unpaired) electrons. The van der Waals surface area contributed by atoms with E-state index in [1.165, 1.54) is 4.57 Å². The number of nitrogens with zero attached hydrogens (tertiary/aromatic N) is 4. The van der Waals surface area contributed by atoms with E-state index in [9.17, 15) is 9.59 Å². The number of para-hydroxylation sites is 1. The van der Waals surface area contributed by atoms with Gasteiger partial charge in [-0.25, -0.2) is 0 Å². The molecule has 1 aromatic carbocycles. The fourth-order valence-corrected chi connectivity index (χ4v) is 2.64. The van der Waals surface area contributed by atoms with Crippen molar-refractivity contribution in [3.8, 4) is 0 Å². The van der Waals surface area contributed by atoms with Crippen molar-refractivity contribution in [3.05, 3.63) is 46.4 Å². The summed E-state index contributed by atoms with van der Waals surface area (Å²) in [5.74, 6) is -0.182. The van der Waals surface area contributed by atoms with Crippen molar-refractivity contribution in [3.63, 3.8) is 0 Å². The summed E-state index contributed by atoms with van der Waals surface area (Å²) in [6.07, 6.45) is 0.559. The smallest absolute Gasteiger partial charge is 0.286 e. The third kappa shape index (κ3) is 2.88. The summed E-state index contributed by atoms with van der Waals surface area (Å²) in [5.41, 5.74) is 0.199. The number of aliphatic hydroxyl groups is 1. The molecule has 0 spiro atoms. The zero-order valence-electron chi connectivity index (χ0n) is 13.3. The van der Waals surface area contributed by atoms with Crippen LogP contribution in [0.15, 0.2) is 35.1 Å². The number of fused-ring (bicyclic) bond motifs is 1. The molecule has 0 saturated carbocycles. The minimum Gasteiger partial charge on any atom is -0.394 e. The average Bonchev–Trinajstić information content (AvgIpc) is 3.05. The highest BCUT2D eigenvalue weighted by Gasteiger charge is 2.27. The Morgan fingerprint density at radius 1 is 1.29 bits per heavy atom. The molecule has 2 heterocycles. The minimum atomic E-state index is -0.609. The van der Waals surface area contributed by atoms with E-state index in [1.54, 1.807) is 0 Å². The average molecular weight is 329 g/mol. The summed E-state index contributed by atoms with van der Waals surface area (Å²) in [4.78, 5) is 26.6. The molecule has 8 nitrogen and oxygen atoms in total. The second-order valence-electron chi connectivity index (χ2n) is 5.55. The van der Waals surface area contributed by atoms with Crippen LogP contribution >= 0.6 is 0 Å². The number of hydrogen-bond acceptors (Lipinski definition) is 6. The van der Waals surface area contributed by atoms with E-state index in [0.29, 0.717) is 25.5 Å². The zero-order valence-corrected chi connectivity index (χ0v) is 13.3. The second-order valence-corrected chi connectivity index (χ2v) is 5.55. The summed E-state index contributed by atoms with van der Waals surface area (Å²) in [7, 11) is 0. The molecule has 1 aliphatic heterocycles. The Kier molecular flexibility index (Phi) is 4.57. The monoisotopic (exact) mass is 329 g/mol. The van der Waals surface area contributed by atoms with Crippen LogP contribution in [-0.4, -0.2) is 45.0 Å². The van der Waals surface area contributed by atoms with Crippen molar-refractivity contribution in [2.75, 3.05) is 18.1 Å². The fraction of sp³-hybridized carbons (Fsp3) is 0.375. The van der Waals surface area contributed by atoms with Gasteiger partial charge in [-0.05, 0) is 18.6 Å². The molecule has 1 aliphatic rings. The van der Waals surface area contributed by atoms with Gasteiger partial charge in [0.05, 0.1) is 12.6 Å². The molecule has 24 heavy (non-hydrogen) atoms. The molecule has 0 aliphatic carbocycles. The zero-order chi connectivity index (χ0) is 17.1. The highest BCUT2D eigenvalue weighted by molar-refractivity contribution is 5.92. The van der Waals surface area contributed by atoms with Crippen molar-refractivity contribution in [2.45, 2.75) is 25.9 Å². The lowest BCUT2D eigenvalue weighted by Gasteiger charge is -2.17. The standard InChI is InChI=1S/C16H19N5O3/c1-2-11(10-22)17-14(23)13-15(24)21-9-8-20(16(21)19-18-13)12-6-4-3-5-7-12/h3-7,11,22H,2,8-10H2,1H3,(H,17,23)/t11-/m1/s1. The summed E-state index contributed by atoms with van der Waals surface area (Å²) in [6.45, 7) is 2.67. The fourth-order valence-electron chi connectivity index (χ4n) is 2.64. The molecule has 3 rings (SSSR count). The third-order valence-corrected chi connectivity index (χ3v) is 4.05. The van der Waals surface area contributed by atoms with Gasteiger partial charge in [-0.15, -0.1) is 10.2 Å². The van der Waals surface area contributed by atoms with Crippen LogP contribution in [0.2, 0.25) is 0 Å². The van der Waals surface area contributed by atoms with Gasteiger partial charge < -0.3 is 15.3 Å². The van der Waals surface area contributed by atoms with Gasteiger partial charge in [-0.3, -0.25) is 14.2 Å². The molecular formula is C16H19N5O3. The Bertz CT molecular complexity index is 786. The van der Waals surface area contributed by atoms with Gasteiger partial charge in [-0.2, -0.15) is 0 Å². The summed E-state index contributed by atoms with van der Waals surface area (Å²) in [5, 5.41) is 19.7. The Balaban J connectivity index is 1.90. The maximum absolute atomic E-state index is 12.5. The number of carbonyl (C=O) groups excluding carboxylic acids is 1. The molecule has 1 atom stereocenters.